The molecule has 1 aromatic rings. The van der Waals surface area contributed by atoms with Crippen molar-refractivity contribution < 1.29 is 0 Å². The van der Waals surface area contributed by atoms with E-state index in [1.807, 2.05) is 6.08 Å². The van der Waals surface area contributed by atoms with Gasteiger partial charge in [-0.2, -0.15) is 5.26 Å². The van der Waals surface area contributed by atoms with E-state index in [-0.39, 0.29) is 0 Å². The third kappa shape index (κ3) is 7.99. The van der Waals surface area contributed by atoms with Crippen molar-refractivity contribution in [2.45, 2.75) is 103 Å². The molecule has 0 radical (unpaired) electrons. The summed E-state index contributed by atoms with van der Waals surface area (Å²) in [6.07, 6.45) is 27.0. The van der Waals surface area contributed by atoms with Gasteiger partial charge in [-0.05, 0) is 99.0 Å². The lowest BCUT2D eigenvalue weighted by atomic mass is 9.68. The Morgan fingerprint density at radius 2 is 1.45 bits per heavy atom. The molecule has 2 saturated carbocycles. The van der Waals surface area contributed by atoms with Gasteiger partial charge in [0.2, 0.25) is 0 Å². The molecule has 2 fully saturated rings. The minimum Gasteiger partial charge on any atom is -0.193 e. The van der Waals surface area contributed by atoms with Gasteiger partial charge in [0, 0.05) is 6.08 Å². The maximum atomic E-state index is 8.57. The molecular weight excluding hydrogens is 374 g/mol. The van der Waals surface area contributed by atoms with Gasteiger partial charge in [-0.25, -0.2) is 0 Å². The van der Waals surface area contributed by atoms with Crippen LogP contribution in [0, 0.1) is 29.1 Å². The lowest BCUT2D eigenvalue weighted by molar-refractivity contribution is 0.171. The predicted molar refractivity (Wildman–Crippen MR) is 133 cm³/mol. The lowest BCUT2D eigenvalue weighted by Crippen LogP contribution is -2.25. The number of nitrogens with zero attached hydrogens (tertiary/aromatic N) is 1. The highest BCUT2D eigenvalue weighted by molar-refractivity contribution is 5.26. The molecule has 1 heteroatoms. The smallest absolute Gasteiger partial charge is 0.0912 e. The number of unbranched alkanes of at least 4 members (excludes halogenated alkanes) is 4. The maximum Gasteiger partial charge on any atom is 0.0912 e. The van der Waals surface area contributed by atoms with Gasteiger partial charge in [0.1, 0.15) is 0 Å². The van der Waals surface area contributed by atoms with Gasteiger partial charge in [0.15, 0.2) is 0 Å². The summed E-state index contributed by atoms with van der Waals surface area (Å²) in [6, 6.07) is 11.7. The van der Waals surface area contributed by atoms with Crippen LogP contribution >= 0.6 is 0 Å². The van der Waals surface area contributed by atoms with Crippen molar-refractivity contribution in [3.8, 4) is 6.07 Å². The summed E-state index contributed by atoms with van der Waals surface area (Å²) in [5.74, 6) is 3.43. The summed E-state index contributed by atoms with van der Waals surface area (Å²) in [5.41, 5.74) is 3.12. The normalized spacial score (nSPS) is 27.0. The van der Waals surface area contributed by atoms with Gasteiger partial charge >= 0.3 is 0 Å². The van der Waals surface area contributed by atoms with Crippen LogP contribution in [0.25, 0.3) is 0 Å². The van der Waals surface area contributed by atoms with E-state index in [0.717, 1.165) is 23.7 Å². The third-order valence-electron chi connectivity index (χ3n) is 7.94. The number of aryl methyl sites for hydroxylation is 1. The molecule has 0 amide bonds. The van der Waals surface area contributed by atoms with Crippen molar-refractivity contribution >= 4 is 0 Å². The summed E-state index contributed by atoms with van der Waals surface area (Å²) >= 11 is 0. The number of nitriles is 1. The van der Waals surface area contributed by atoms with E-state index < -0.39 is 0 Å². The fourth-order valence-corrected chi connectivity index (χ4v) is 5.94. The van der Waals surface area contributed by atoms with Crippen molar-refractivity contribution in [2.75, 3.05) is 0 Å². The Kier molecular flexibility index (Phi) is 10.4. The van der Waals surface area contributed by atoms with E-state index in [4.69, 9.17) is 5.26 Å². The number of hydrogen-bond acceptors (Lipinski definition) is 1. The van der Waals surface area contributed by atoms with E-state index >= 15 is 0 Å². The maximum absolute atomic E-state index is 8.57. The first-order chi connectivity index (χ1) is 15.3. The van der Waals surface area contributed by atoms with Gasteiger partial charge in [0.25, 0.3) is 0 Å². The molecule has 1 aromatic carbocycles. The van der Waals surface area contributed by atoms with Gasteiger partial charge in [-0.1, -0.05) is 75.1 Å². The zero-order valence-electron chi connectivity index (χ0n) is 19.8. The quantitative estimate of drug-likeness (QED) is 0.212. The zero-order chi connectivity index (χ0) is 21.7. The Balaban J connectivity index is 1.36. The van der Waals surface area contributed by atoms with E-state index in [1.54, 1.807) is 11.6 Å². The van der Waals surface area contributed by atoms with E-state index in [0.29, 0.717) is 0 Å². The molecule has 3 rings (SSSR count). The molecule has 1 nitrogen and oxygen atoms in total. The highest BCUT2D eigenvalue weighted by Gasteiger charge is 2.30. The van der Waals surface area contributed by atoms with E-state index in [2.05, 4.69) is 49.4 Å². The molecule has 31 heavy (non-hydrogen) atoms. The molecule has 168 valence electrons. The molecule has 0 unspecified atom stereocenters. The van der Waals surface area contributed by atoms with Crippen LogP contribution in [0.5, 0.6) is 0 Å². The van der Waals surface area contributed by atoms with Crippen LogP contribution < -0.4 is 0 Å². The summed E-state index contributed by atoms with van der Waals surface area (Å²) in [7, 11) is 0. The zero-order valence-corrected chi connectivity index (χ0v) is 19.8. The number of benzene rings is 1. The second-order valence-electron chi connectivity index (χ2n) is 10.1. The van der Waals surface area contributed by atoms with Crippen LogP contribution in [0.15, 0.2) is 48.6 Å². The number of rotatable bonds is 10. The predicted octanol–water partition coefficient (Wildman–Crippen LogP) is 8.92. The Bertz CT molecular complexity index is 704. The van der Waals surface area contributed by atoms with Crippen LogP contribution in [0.1, 0.15) is 107 Å². The molecule has 2 aliphatic carbocycles. The van der Waals surface area contributed by atoms with Gasteiger partial charge in [-0.3, -0.25) is 0 Å². The van der Waals surface area contributed by atoms with Crippen molar-refractivity contribution in [3.63, 3.8) is 0 Å². The Labute approximate surface area is 191 Å². The van der Waals surface area contributed by atoms with Crippen LogP contribution in [-0.4, -0.2) is 0 Å². The Hall–Kier alpha value is -1.81. The summed E-state index contributed by atoms with van der Waals surface area (Å²) < 4.78 is 0. The summed E-state index contributed by atoms with van der Waals surface area (Å²) in [5, 5.41) is 8.57. The van der Waals surface area contributed by atoms with Crippen molar-refractivity contribution in [3.05, 3.63) is 59.7 Å². The molecule has 0 atom stereocenters. The van der Waals surface area contributed by atoms with Crippen molar-refractivity contribution in [2.24, 2.45) is 17.8 Å². The lowest BCUT2D eigenvalue weighted by Gasteiger charge is -2.37. The molecule has 0 saturated heterocycles. The van der Waals surface area contributed by atoms with Gasteiger partial charge in [-0.15, -0.1) is 0 Å². The first-order valence-corrected chi connectivity index (χ1v) is 13.1. The van der Waals surface area contributed by atoms with Crippen LogP contribution in [0.4, 0.5) is 0 Å². The average Bonchev–Trinajstić information content (AvgIpc) is 2.83. The molecule has 0 aliphatic heterocycles. The van der Waals surface area contributed by atoms with Gasteiger partial charge < -0.3 is 0 Å². The van der Waals surface area contributed by atoms with Crippen LogP contribution in [-0.2, 0) is 6.42 Å². The SMILES string of the molecule is CCCCCCCc1ccc(C2CCC(C3CCC(C=CC=CC#N)CC3)CC2)cc1. The molecule has 0 bridgehead atoms. The minimum absolute atomic E-state index is 0.723. The highest BCUT2D eigenvalue weighted by atomic mass is 14.4. The van der Waals surface area contributed by atoms with E-state index in [1.165, 1.54) is 95.5 Å². The molecule has 0 N–H and O–H groups in total. The van der Waals surface area contributed by atoms with Crippen LogP contribution in [0.2, 0.25) is 0 Å². The highest BCUT2D eigenvalue weighted by Crippen LogP contribution is 2.44. The van der Waals surface area contributed by atoms with E-state index in [9.17, 15) is 0 Å². The largest absolute Gasteiger partial charge is 0.193 e. The van der Waals surface area contributed by atoms with Gasteiger partial charge in [0.05, 0.1) is 6.07 Å². The second kappa shape index (κ2) is 13.6. The minimum atomic E-state index is 0.723. The molecule has 0 spiro atoms. The average molecular weight is 418 g/mol. The first kappa shape index (κ1) is 23.8. The van der Waals surface area contributed by atoms with Crippen LogP contribution in [0.3, 0.4) is 0 Å². The Morgan fingerprint density at radius 1 is 0.806 bits per heavy atom. The number of allylic oxidation sites excluding steroid dienone is 4. The standard InChI is InChI=1S/C30H43N/c1-2-3-4-5-7-10-25-12-16-27(17-13-25)29-20-22-30(23-21-29)28-18-14-26(15-19-28)11-8-6-9-24-31/h6,8-9,11-13,16-17,26,28-30H,2-5,7,10,14-15,18-23H2,1H3. The molecule has 2 aliphatic rings. The first-order valence-electron chi connectivity index (χ1n) is 13.1. The fraction of sp³-hybridized carbons (Fsp3) is 0.633. The molecular formula is C30H43N. The van der Waals surface area contributed by atoms with Crippen molar-refractivity contribution in [1.29, 1.82) is 5.26 Å². The number of hydrogen-bond donors (Lipinski definition) is 0. The third-order valence-corrected chi connectivity index (χ3v) is 7.94. The fourth-order valence-electron chi connectivity index (χ4n) is 5.94. The summed E-state index contributed by atoms with van der Waals surface area (Å²) in [4.78, 5) is 0. The second-order valence-corrected chi connectivity index (χ2v) is 10.1. The summed E-state index contributed by atoms with van der Waals surface area (Å²) in [6.45, 7) is 2.29. The topological polar surface area (TPSA) is 23.8 Å². The molecule has 0 heterocycles. The molecule has 0 aromatic heterocycles. The monoisotopic (exact) mass is 417 g/mol. The van der Waals surface area contributed by atoms with Crippen molar-refractivity contribution in [1.82, 2.24) is 0 Å². The Morgan fingerprint density at radius 3 is 2.10 bits per heavy atom.